The molecule has 118 valence electrons. The molecule has 0 saturated heterocycles. The van der Waals surface area contributed by atoms with Crippen LogP contribution in [0.3, 0.4) is 0 Å². The summed E-state index contributed by atoms with van der Waals surface area (Å²) < 4.78 is 11.1. The van der Waals surface area contributed by atoms with E-state index in [1.54, 1.807) is 0 Å². The quantitative estimate of drug-likeness (QED) is 0.865. The van der Waals surface area contributed by atoms with Gasteiger partial charge in [-0.3, -0.25) is 0 Å². The van der Waals surface area contributed by atoms with Crippen LogP contribution < -0.4 is 5.32 Å². The standard InChI is InChI=1S/C17H27NO3/c1-6-15(13(2)21-17(3,4)5)18-16(19)20-12-14-10-8-7-9-11-14/h7-11,13,15H,6,12H2,1-5H3,(H,18,19). The van der Waals surface area contributed by atoms with E-state index in [9.17, 15) is 4.79 Å². The van der Waals surface area contributed by atoms with Crippen LogP contribution in [0.2, 0.25) is 0 Å². The number of carbonyl (C=O) groups excluding carboxylic acids is 1. The van der Waals surface area contributed by atoms with Crippen molar-refractivity contribution in [1.82, 2.24) is 5.32 Å². The molecule has 0 radical (unpaired) electrons. The molecule has 0 bridgehead atoms. The lowest BCUT2D eigenvalue weighted by atomic mass is 10.1. The molecule has 4 heteroatoms. The Labute approximate surface area is 127 Å². The fraction of sp³-hybridized carbons (Fsp3) is 0.588. The minimum Gasteiger partial charge on any atom is -0.445 e. The van der Waals surface area contributed by atoms with Crippen molar-refractivity contribution >= 4 is 6.09 Å². The largest absolute Gasteiger partial charge is 0.445 e. The second-order valence-electron chi connectivity index (χ2n) is 6.16. The van der Waals surface area contributed by atoms with E-state index in [-0.39, 0.29) is 24.4 Å². The Kier molecular flexibility index (Phi) is 6.69. The van der Waals surface area contributed by atoms with Crippen molar-refractivity contribution in [3.8, 4) is 0 Å². The first-order valence-electron chi connectivity index (χ1n) is 7.47. The molecular formula is C17H27NO3. The lowest BCUT2D eigenvalue weighted by Crippen LogP contribution is -2.45. The van der Waals surface area contributed by atoms with Gasteiger partial charge in [-0.1, -0.05) is 37.3 Å². The van der Waals surface area contributed by atoms with Crippen LogP contribution in [0, 0.1) is 0 Å². The van der Waals surface area contributed by atoms with Crippen LogP contribution in [0.5, 0.6) is 0 Å². The van der Waals surface area contributed by atoms with Crippen molar-refractivity contribution in [2.24, 2.45) is 0 Å². The summed E-state index contributed by atoms with van der Waals surface area (Å²) in [5.41, 5.74) is 0.738. The molecule has 0 aliphatic carbocycles. The lowest BCUT2D eigenvalue weighted by Gasteiger charge is -2.30. The Bertz CT molecular complexity index is 425. The summed E-state index contributed by atoms with van der Waals surface area (Å²) in [5.74, 6) is 0. The van der Waals surface area contributed by atoms with Gasteiger partial charge in [0.1, 0.15) is 6.61 Å². The number of ether oxygens (including phenoxy) is 2. The molecule has 0 aromatic heterocycles. The number of benzene rings is 1. The molecule has 0 spiro atoms. The average Bonchev–Trinajstić information content (AvgIpc) is 2.41. The van der Waals surface area contributed by atoms with E-state index >= 15 is 0 Å². The third kappa shape index (κ3) is 7.14. The van der Waals surface area contributed by atoms with Crippen LogP contribution in [0.4, 0.5) is 4.79 Å². The number of alkyl carbamates (subject to hydrolysis) is 1. The highest BCUT2D eigenvalue weighted by molar-refractivity contribution is 5.67. The van der Waals surface area contributed by atoms with Crippen molar-refractivity contribution in [2.75, 3.05) is 0 Å². The second kappa shape index (κ2) is 8.03. The fourth-order valence-corrected chi connectivity index (χ4v) is 2.11. The van der Waals surface area contributed by atoms with E-state index in [4.69, 9.17) is 9.47 Å². The van der Waals surface area contributed by atoms with Gasteiger partial charge in [0.15, 0.2) is 0 Å². The first kappa shape index (κ1) is 17.5. The maximum absolute atomic E-state index is 11.9. The first-order valence-corrected chi connectivity index (χ1v) is 7.47. The molecule has 2 atom stereocenters. The molecule has 0 saturated carbocycles. The molecule has 21 heavy (non-hydrogen) atoms. The minimum absolute atomic E-state index is 0.0625. The number of nitrogens with one attached hydrogen (secondary N) is 1. The molecule has 1 amide bonds. The topological polar surface area (TPSA) is 47.6 Å². The third-order valence-electron chi connectivity index (χ3n) is 3.06. The predicted octanol–water partition coefficient (Wildman–Crippen LogP) is 3.90. The Balaban J connectivity index is 2.43. The van der Waals surface area contributed by atoms with Crippen molar-refractivity contribution < 1.29 is 14.3 Å². The van der Waals surface area contributed by atoms with Crippen LogP contribution in [-0.4, -0.2) is 23.8 Å². The number of hydrogen-bond acceptors (Lipinski definition) is 3. The van der Waals surface area contributed by atoms with Crippen LogP contribution >= 0.6 is 0 Å². The SMILES string of the molecule is CCC(NC(=O)OCc1ccccc1)C(C)OC(C)(C)C. The summed E-state index contributed by atoms with van der Waals surface area (Å²) in [5, 5.41) is 2.87. The van der Waals surface area contributed by atoms with Crippen molar-refractivity contribution in [3.05, 3.63) is 35.9 Å². The minimum atomic E-state index is -0.407. The monoisotopic (exact) mass is 293 g/mol. The zero-order valence-corrected chi connectivity index (χ0v) is 13.7. The van der Waals surface area contributed by atoms with Crippen LogP contribution in [-0.2, 0) is 16.1 Å². The molecule has 0 aliphatic rings. The average molecular weight is 293 g/mol. The predicted molar refractivity (Wildman–Crippen MR) is 84.1 cm³/mol. The maximum Gasteiger partial charge on any atom is 0.407 e. The molecule has 0 fully saturated rings. The normalized spacial score (nSPS) is 14.3. The van der Waals surface area contributed by atoms with E-state index in [1.807, 2.05) is 65.0 Å². The molecule has 1 aromatic rings. The summed E-state index contributed by atoms with van der Waals surface area (Å²) in [6.07, 6.45) is 0.312. The van der Waals surface area contributed by atoms with E-state index in [1.165, 1.54) is 0 Å². The first-order chi connectivity index (χ1) is 9.81. The van der Waals surface area contributed by atoms with Crippen LogP contribution in [0.15, 0.2) is 30.3 Å². The van der Waals surface area contributed by atoms with E-state index in [2.05, 4.69) is 5.32 Å². The van der Waals surface area contributed by atoms with Crippen molar-refractivity contribution in [1.29, 1.82) is 0 Å². The van der Waals surface area contributed by atoms with Crippen LogP contribution in [0.25, 0.3) is 0 Å². The van der Waals surface area contributed by atoms with Gasteiger partial charge in [0.2, 0.25) is 0 Å². The zero-order chi connectivity index (χ0) is 15.9. The van der Waals surface area contributed by atoms with Gasteiger partial charge in [0, 0.05) is 0 Å². The highest BCUT2D eigenvalue weighted by Crippen LogP contribution is 2.14. The van der Waals surface area contributed by atoms with Gasteiger partial charge in [0.05, 0.1) is 17.7 Å². The second-order valence-corrected chi connectivity index (χ2v) is 6.16. The lowest BCUT2D eigenvalue weighted by molar-refractivity contribution is -0.0662. The molecule has 0 aliphatic heterocycles. The third-order valence-corrected chi connectivity index (χ3v) is 3.06. The summed E-state index contributed by atoms with van der Waals surface area (Å²) in [4.78, 5) is 11.9. The van der Waals surface area contributed by atoms with E-state index in [0.29, 0.717) is 0 Å². The maximum atomic E-state index is 11.9. The van der Waals surface area contributed by atoms with Gasteiger partial charge < -0.3 is 14.8 Å². The van der Waals surface area contributed by atoms with Gasteiger partial charge in [-0.2, -0.15) is 0 Å². The van der Waals surface area contributed by atoms with Gasteiger partial charge in [-0.15, -0.1) is 0 Å². The molecule has 1 N–H and O–H groups in total. The van der Waals surface area contributed by atoms with Gasteiger partial charge in [0.25, 0.3) is 0 Å². The molecule has 1 aromatic carbocycles. The van der Waals surface area contributed by atoms with Crippen molar-refractivity contribution in [2.45, 2.75) is 65.4 Å². The van der Waals surface area contributed by atoms with Gasteiger partial charge in [-0.25, -0.2) is 4.79 Å². The highest BCUT2D eigenvalue weighted by atomic mass is 16.5. The van der Waals surface area contributed by atoms with Gasteiger partial charge >= 0.3 is 6.09 Å². The Morgan fingerprint density at radius 3 is 2.38 bits per heavy atom. The Morgan fingerprint density at radius 2 is 1.86 bits per heavy atom. The highest BCUT2D eigenvalue weighted by Gasteiger charge is 2.23. The number of amides is 1. The van der Waals surface area contributed by atoms with Crippen LogP contribution in [0.1, 0.15) is 46.6 Å². The Hall–Kier alpha value is -1.55. The smallest absolute Gasteiger partial charge is 0.407 e. The fourth-order valence-electron chi connectivity index (χ4n) is 2.11. The molecule has 0 heterocycles. The zero-order valence-electron chi connectivity index (χ0n) is 13.7. The van der Waals surface area contributed by atoms with Crippen molar-refractivity contribution in [3.63, 3.8) is 0 Å². The van der Waals surface area contributed by atoms with Gasteiger partial charge in [-0.05, 0) is 39.7 Å². The summed E-state index contributed by atoms with van der Waals surface area (Å²) >= 11 is 0. The summed E-state index contributed by atoms with van der Waals surface area (Å²) in [6, 6.07) is 9.57. The number of rotatable bonds is 6. The molecule has 2 unspecified atom stereocenters. The molecular weight excluding hydrogens is 266 g/mol. The van der Waals surface area contributed by atoms with E-state index < -0.39 is 6.09 Å². The number of carbonyl (C=O) groups is 1. The summed E-state index contributed by atoms with van der Waals surface area (Å²) in [6.45, 7) is 10.3. The number of hydrogen-bond donors (Lipinski definition) is 1. The Morgan fingerprint density at radius 1 is 1.24 bits per heavy atom. The van der Waals surface area contributed by atoms with E-state index in [0.717, 1.165) is 12.0 Å². The summed E-state index contributed by atoms with van der Waals surface area (Å²) in [7, 11) is 0. The molecule has 1 rings (SSSR count). The molecule has 4 nitrogen and oxygen atoms in total.